The van der Waals surface area contributed by atoms with E-state index < -0.39 is 0 Å². The molecule has 1 aromatic carbocycles. The van der Waals surface area contributed by atoms with Gasteiger partial charge < -0.3 is 15.5 Å². The van der Waals surface area contributed by atoms with Crippen LogP contribution >= 0.6 is 0 Å². The summed E-state index contributed by atoms with van der Waals surface area (Å²) in [7, 11) is 1.98. The highest BCUT2D eigenvalue weighted by atomic mass is 16.2. The fourth-order valence-corrected chi connectivity index (χ4v) is 2.21. The summed E-state index contributed by atoms with van der Waals surface area (Å²) in [6, 6.07) is 8.44. The summed E-state index contributed by atoms with van der Waals surface area (Å²) in [6.45, 7) is 3.68. The van der Waals surface area contributed by atoms with Gasteiger partial charge in [0.05, 0.1) is 0 Å². The number of benzene rings is 1. The minimum atomic E-state index is 0.00778. The van der Waals surface area contributed by atoms with Crippen LogP contribution in [0.1, 0.15) is 18.4 Å². The number of rotatable bonds is 2. The third kappa shape index (κ3) is 3.23. The Balaban J connectivity index is 1.87. The van der Waals surface area contributed by atoms with Gasteiger partial charge in [-0.15, -0.1) is 0 Å². The molecule has 2 amide bonds. The second-order valence-corrected chi connectivity index (χ2v) is 4.85. The Morgan fingerprint density at radius 3 is 2.39 bits per heavy atom. The Bertz CT molecular complexity index is 394. The van der Waals surface area contributed by atoms with Crippen LogP contribution in [0.5, 0.6) is 0 Å². The summed E-state index contributed by atoms with van der Waals surface area (Å²) in [5, 5.41) is 6.20. The van der Waals surface area contributed by atoms with Crippen LogP contribution in [0.4, 0.5) is 10.5 Å². The maximum Gasteiger partial charge on any atom is 0.321 e. The molecule has 0 atom stereocenters. The van der Waals surface area contributed by atoms with Gasteiger partial charge in [-0.2, -0.15) is 0 Å². The molecule has 98 valence electrons. The van der Waals surface area contributed by atoms with E-state index >= 15 is 0 Å². The number of likely N-dealkylation sites (tertiary alicyclic amines) is 1. The van der Waals surface area contributed by atoms with Crippen LogP contribution in [0, 0.1) is 6.92 Å². The van der Waals surface area contributed by atoms with Gasteiger partial charge in [0.1, 0.15) is 0 Å². The summed E-state index contributed by atoms with van der Waals surface area (Å²) in [5.41, 5.74) is 2.06. The number of nitrogens with one attached hydrogen (secondary N) is 2. The van der Waals surface area contributed by atoms with Gasteiger partial charge in [0.2, 0.25) is 0 Å². The van der Waals surface area contributed by atoms with Crippen molar-refractivity contribution in [3.63, 3.8) is 0 Å². The quantitative estimate of drug-likeness (QED) is 0.841. The maximum atomic E-state index is 12.0. The molecule has 1 aliphatic rings. The first-order valence-corrected chi connectivity index (χ1v) is 6.49. The number of nitrogens with zero attached hydrogens (tertiary/aromatic N) is 1. The Morgan fingerprint density at radius 2 is 1.83 bits per heavy atom. The molecule has 0 saturated carbocycles. The van der Waals surface area contributed by atoms with Crippen LogP contribution in [0.2, 0.25) is 0 Å². The first kappa shape index (κ1) is 12.9. The second-order valence-electron chi connectivity index (χ2n) is 4.85. The minimum absolute atomic E-state index is 0.00778. The molecule has 0 aromatic heterocycles. The Kier molecular flexibility index (Phi) is 4.20. The molecule has 0 radical (unpaired) electrons. The topological polar surface area (TPSA) is 44.4 Å². The van der Waals surface area contributed by atoms with Gasteiger partial charge in [0.15, 0.2) is 0 Å². The zero-order chi connectivity index (χ0) is 13.0. The van der Waals surface area contributed by atoms with Crippen molar-refractivity contribution >= 4 is 11.7 Å². The van der Waals surface area contributed by atoms with Crippen molar-refractivity contribution in [2.24, 2.45) is 0 Å². The van der Waals surface area contributed by atoms with Gasteiger partial charge in [-0.3, -0.25) is 0 Å². The van der Waals surface area contributed by atoms with Crippen molar-refractivity contribution in [1.29, 1.82) is 0 Å². The van der Waals surface area contributed by atoms with E-state index in [0.717, 1.165) is 31.6 Å². The molecule has 2 N–H and O–H groups in total. The molecule has 18 heavy (non-hydrogen) atoms. The lowest BCUT2D eigenvalue weighted by atomic mass is 10.1. The minimum Gasteiger partial charge on any atom is -0.324 e. The second kappa shape index (κ2) is 5.87. The van der Waals surface area contributed by atoms with Crippen LogP contribution in [0.3, 0.4) is 0 Å². The number of carbonyl (C=O) groups is 1. The average Bonchev–Trinajstić information content (AvgIpc) is 2.41. The number of piperidine rings is 1. The number of amides is 2. The summed E-state index contributed by atoms with van der Waals surface area (Å²) in [4.78, 5) is 13.9. The molecule has 0 spiro atoms. The van der Waals surface area contributed by atoms with Crippen molar-refractivity contribution in [3.8, 4) is 0 Å². The van der Waals surface area contributed by atoms with E-state index in [1.54, 1.807) is 0 Å². The highest BCUT2D eigenvalue weighted by Gasteiger charge is 2.21. The Morgan fingerprint density at radius 1 is 1.22 bits per heavy atom. The summed E-state index contributed by atoms with van der Waals surface area (Å²) in [6.07, 6.45) is 2.05. The molecule has 1 saturated heterocycles. The molecule has 1 aromatic rings. The number of hydrogen-bond donors (Lipinski definition) is 2. The van der Waals surface area contributed by atoms with Crippen LogP contribution in [0.15, 0.2) is 24.3 Å². The van der Waals surface area contributed by atoms with Gasteiger partial charge in [-0.1, -0.05) is 17.7 Å². The van der Waals surface area contributed by atoms with E-state index in [-0.39, 0.29) is 6.03 Å². The Hall–Kier alpha value is -1.55. The van der Waals surface area contributed by atoms with Crippen molar-refractivity contribution in [2.45, 2.75) is 25.8 Å². The highest BCUT2D eigenvalue weighted by Crippen LogP contribution is 2.13. The number of carbonyl (C=O) groups excluding carboxylic acids is 1. The normalized spacial score (nSPS) is 16.7. The zero-order valence-electron chi connectivity index (χ0n) is 11.1. The SMILES string of the molecule is CNC1CCN(C(=O)Nc2ccc(C)cc2)CC1. The molecule has 0 bridgehead atoms. The molecule has 1 fully saturated rings. The van der Waals surface area contributed by atoms with Crippen LogP contribution in [-0.4, -0.2) is 37.1 Å². The van der Waals surface area contributed by atoms with Gasteiger partial charge in [0, 0.05) is 24.8 Å². The molecule has 1 heterocycles. The standard InChI is InChI=1S/C14H21N3O/c1-11-3-5-13(6-4-11)16-14(18)17-9-7-12(15-2)8-10-17/h3-6,12,15H,7-10H2,1-2H3,(H,16,18). The lowest BCUT2D eigenvalue weighted by molar-refractivity contribution is 0.190. The third-order valence-electron chi connectivity index (χ3n) is 3.49. The first-order valence-electron chi connectivity index (χ1n) is 6.49. The molecular weight excluding hydrogens is 226 g/mol. The van der Waals surface area contributed by atoms with Gasteiger partial charge in [-0.25, -0.2) is 4.79 Å². The number of hydrogen-bond acceptors (Lipinski definition) is 2. The largest absolute Gasteiger partial charge is 0.324 e. The van der Waals surface area contributed by atoms with Gasteiger partial charge >= 0.3 is 6.03 Å². The predicted molar refractivity (Wildman–Crippen MR) is 73.9 cm³/mol. The molecule has 1 aliphatic heterocycles. The van der Waals surface area contributed by atoms with Gasteiger partial charge in [-0.05, 0) is 38.9 Å². The predicted octanol–water partition coefficient (Wildman–Crippen LogP) is 2.21. The smallest absolute Gasteiger partial charge is 0.321 e. The van der Waals surface area contributed by atoms with E-state index in [2.05, 4.69) is 10.6 Å². The van der Waals surface area contributed by atoms with Crippen molar-refractivity contribution in [2.75, 3.05) is 25.5 Å². The van der Waals surface area contributed by atoms with E-state index in [1.165, 1.54) is 5.56 Å². The zero-order valence-corrected chi connectivity index (χ0v) is 11.1. The summed E-state index contributed by atoms with van der Waals surface area (Å²) < 4.78 is 0. The molecule has 4 nitrogen and oxygen atoms in total. The van der Waals surface area contributed by atoms with E-state index in [4.69, 9.17) is 0 Å². The van der Waals surface area contributed by atoms with Crippen molar-refractivity contribution in [1.82, 2.24) is 10.2 Å². The molecule has 2 rings (SSSR count). The van der Waals surface area contributed by atoms with E-state index in [9.17, 15) is 4.79 Å². The van der Waals surface area contributed by atoms with Crippen LogP contribution in [0.25, 0.3) is 0 Å². The molecular formula is C14H21N3O. The lowest BCUT2D eigenvalue weighted by Gasteiger charge is -2.31. The van der Waals surface area contributed by atoms with E-state index in [0.29, 0.717) is 6.04 Å². The highest BCUT2D eigenvalue weighted by molar-refractivity contribution is 5.89. The van der Waals surface area contributed by atoms with E-state index in [1.807, 2.05) is 43.1 Å². The van der Waals surface area contributed by atoms with Crippen molar-refractivity contribution < 1.29 is 4.79 Å². The molecule has 4 heteroatoms. The van der Waals surface area contributed by atoms with Crippen LogP contribution in [-0.2, 0) is 0 Å². The van der Waals surface area contributed by atoms with Gasteiger partial charge in [0.25, 0.3) is 0 Å². The summed E-state index contributed by atoms with van der Waals surface area (Å²) in [5.74, 6) is 0. The fourth-order valence-electron chi connectivity index (χ4n) is 2.21. The van der Waals surface area contributed by atoms with Crippen LogP contribution < -0.4 is 10.6 Å². The van der Waals surface area contributed by atoms with Crippen molar-refractivity contribution in [3.05, 3.63) is 29.8 Å². The number of urea groups is 1. The maximum absolute atomic E-state index is 12.0. The monoisotopic (exact) mass is 247 g/mol. The molecule has 0 aliphatic carbocycles. The first-order chi connectivity index (χ1) is 8.69. The molecule has 0 unspecified atom stereocenters. The summed E-state index contributed by atoms with van der Waals surface area (Å²) >= 11 is 0. The lowest BCUT2D eigenvalue weighted by Crippen LogP contribution is -2.45. The Labute approximate surface area is 108 Å². The third-order valence-corrected chi connectivity index (χ3v) is 3.49. The number of aryl methyl sites for hydroxylation is 1. The number of anilines is 1. The fraction of sp³-hybridized carbons (Fsp3) is 0.500. The average molecular weight is 247 g/mol.